The first kappa shape index (κ1) is 26.9. The van der Waals surface area contributed by atoms with E-state index in [0.717, 1.165) is 44.6 Å². The van der Waals surface area contributed by atoms with Gasteiger partial charge >= 0.3 is 0 Å². The molecule has 0 atom stereocenters. The van der Waals surface area contributed by atoms with E-state index < -0.39 is 5.60 Å². The molecule has 0 unspecified atom stereocenters. The third kappa shape index (κ3) is 4.24. The lowest BCUT2D eigenvalue weighted by Gasteiger charge is -2.17. The Balaban J connectivity index is 1.41. The van der Waals surface area contributed by atoms with Crippen LogP contribution in [0.2, 0.25) is 0 Å². The van der Waals surface area contributed by atoms with Crippen molar-refractivity contribution in [3.63, 3.8) is 0 Å². The number of nitrogens with zero attached hydrogens (tertiary/aromatic N) is 5. The average Bonchev–Trinajstić information content (AvgIpc) is 3.66. The molecule has 0 radical (unpaired) electrons. The second-order valence-electron chi connectivity index (χ2n) is 10.7. The quantitative estimate of drug-likeness (QED) is 0.152. The number of hydrogen-bond donors (Lipinski definition) is 1. The van der Waals surface area contributed by atoms with Crippen LogP contribution in [0.3, 0.4) is 0 Å². The Morgan fingerprint density at radius 3 is 2.14 bits per heavy atom. The third-order valence-electron chi connectivity index (χ3n) is 7.67. The number of hydrogen-bond acceptors (Lipinski definition) is 6. The van der Waals surface area contributed by atoms with E-state index >= 15 is 0 Å². The van der Waals surface area contributed by atoms with Gasteiger partial charge in [0.05, 0.1) is 46.2 Å². The number of fused-ring (bicyclic) bond motifs is 4. The number of imidazole rings is 1. The second kappa shape index (κ2) is 10.1. The number of amides is 2. The molecular weight excluding hydrogens is 661 g/mol. The smallest absolute Gasteiger partial charge is 0.261 e. The number of rotatable bonds is 6. The number of carbonyl (C=O) groups is 2. The molecule has 0 spiro atoms. The van der Waals surface area contributed by atoms with Crippen LogP contribution in [0.1, 0.15) is 45.7 Å². The first-order valence-electron chi connectivity index (χ1n) is 13.3. The van der Waals surface area contributed by atoms with Gasteiger partial charge in [-0.25, -0.2) is 9.97 Å². The maximum Gasteiger partial charge on any atom is 0.261 e. The van der Waals surface area contributed by atoms with Gasteiger partial charge in [0.25, 0.3) is 11.8 Å². The van der Waals surface area contributed by atoms with Crippen LogP contribution in [0, 0.1) is 0 Å². The molecule has 10 heteroatoms. The molecule has 0 saturated heterocycles. The van der Waals surface area contributed by atoms with E-state index in [1.54, 1.807) is 38.1 Å². The lowest BCUT2D eigenvalue weighted by atomic mass is 9.97. The highest BCUT2D eigenvalue weighted by molar-refractivity contribution is 14.2. The number of aliphatic hydroxyl groups is 1. The number of halogens is 1. The second-order valence-corrected chi connectivity index (χ2v) is 12.4. The molecule has 4 heterocycles. The van der Waals surface area contributed by atoms with Gasteiger partial charge in [-0.1, -0.05) is 60.7 Å². The summed E-state index contributed by atoms with van der Waals surface area (Å²) in [6, 6.07) is 24.4. The van der Waals surface area contributed by atoms with Crippen molar-refractivity contribution < 1.29 is 14.7 Å². The van der Waals surface area contributed by atoms with E-state index in [1.165, 1.54) is 14.0 Å². The molecule has 3 aromatic carbocycles. The average molecular weight is 686 g/mol. The van der Waals surface area contributed by atoms with E-state index in [-0.39, 0.29) is 18.4 Å². The van der Waals surface area contributed by atoms with Gasteiger partial charge in [0.15, 0.2) is 5.65 Å². The van der Waals surface area contributed by atoms with Crippen LogP contribution in [-0.2, 0) is 12.1 Å². The Morgan fingerprint density at radius 1 is 0.857 bits per heavy atom. The molecule has 1 aliphatic rings. The van der Waals surface area contributed by atoms with Gasteiger partial charge < -0.3 is 5.11 Å². The summed E-state index contributed by atoms with van der Waals surface area (Å²) in [5.74, 6) is 0.0878. The zero-order valence-electron chi connectivity index (χ0n) is 22.7. The molecule has 208 valence electrons. The van der Waals surface area contributed by atoms with Crippen molar-refractivity contribution >= 4 is 58.8 Å². The summed E-state index contributed by atoms with van der Waals surface area (Å²) in [7, 11) is 1.53. The van der Waals surface area contributed by atoms with Gasteiger partial charge in [-0.3, -0.25) is 22.9 Å². The Hall–Kier alpha value is -4.00. The van der Waals surface area contributed by atoms with Crippen molar-refractivity contribution in [1.29, 1.82) is 0 Å². The predicted octanol–water partition coefficient (Wildman–Crippen LogP) is 6.89. The van der Waals surface area contributed by atoms with Crippen LogP contribution in [-0.4, -0.2) is 40.2 Å². The summed E-state index contributed by atoms with van der Waals surface area (Å²) in [6.45, 7) is 3.63. The number of aromatic nitrogens is 4. The van der Waals surface area contributed by atoms with E-state index in [0.29, 0.717) is 17.0 Å². The molecule has 3 aromatic heterocycles. The van der Waals surface area contributed by atoms with Crippen molar-refractivity contribution in [2.45, 2.75) is 26.0 Å². The molecule has 7 rings (SSSR count). The molecule has 0 fully saturated rings. The molecule has 0 aliphatic carbocycles. The number of imide groups is 1. The molecule has 2 amide bonds. The summed E-state index contributed by atoms with van der Waals surface area (Å²) < 4.78 is 4.08. The van der Waals surface area contributed by atoms with Gasteiger partial charge in [-0.15, -0.1) is 0 Å². The van der Waals surface area contributed by atoms with Gasteiger partial charge in [0.2, 0.25) is 0 Å². The van der Waals surface area contributed by atoms with E-state index in [4.69, 9.17) is 9.97 Å². The van der Waals surface area contributed by atoms with Crippen LogP contribution >= 0.6 is 30.3 Å². The van der Waals surface area contributed by atoms with Crippen LogP contribution < -0.4 is 0 Å². The normalized spacial score (nSPS) is 13.5. The first-order valence-corrected chi connectivity index (χ1v) is 16.6. The minimum atomic E-state index is -0.962. The molecule has 1 N–H and O–H groups in total. The first-order chi connectivity index (χ1) is 20.3. The Labute approximate surface area is 257 Å². The van der Waals surface area contributed by atoms with Crippen LogP contribution in [0.25, 0.3) is 39.3 Å². The summed E-state index contributed by atoms with van der Waals surface area (Å²) in [5.41, 5.74) is 6.43. The topological polar surface area (TPSA) is 92.7 Å². The summed E-state index contributed by atoms with van der Waals surface area (Å²) in [5, 5.41) is 10.5. The van der Waals surface area contributed by atoms with E-state index in [9.17, 15) is 14.7 Å². The molecule has 0 saturated carbocycles. The maximum absolute atomic E-state index is 13.2. The lowest BCUT2D eigenvalue weighted by molar-refractivity contribution is 0.0642. The predicted molar refractivity (Wildman–Crippen MR) is 172 cm³/mol. The fourth-order valence-corrected chi connectivity index (χ4v) is 6.79. The van der Waals surface area contributed by atoms with Gasteiger partial charge in [0.1, 0.15) is 5.82 Å². The standard InChI is InChI=1S/C32H24IN5O3S/c1-32(2,41)21-13-11-19(12-14-21)27-26-17-34-29-25(15-16-37(29)42-33)38(26)28(35-27)22-8-4-3-7-20(22)18-36-30(39)23-9-5-6-10-24(23)31(36)40/h3-17,41H,18H2,1-2H3. The highest BCUT2D eigenvalue weighted by Gasteiger charge is 2.35. The van der Waals surface area contributed by atoms with Crippen molar-refractivity contribution in [3.05, 3.63) is 114 Å². The SMILES string of the molecule is CC(C)(O)c1ccc(-c2nc(-c3ccccc3CN3C(=O)c4ccccc4C3=O)n3c2cnc2c3ccn2SI)cc1. The van der Waals surface area contributed by atoms with Crippen LogP contribution in [0.4, 0.5) is 0 Å². The third-order valence-corrected chi connectivity index (χ3v) is 9.39. The number of carbonyl (C=O) groups excluding carboxylic acids is 2. The number of benzene rings is 3. The minimum absolute atomic E-state index is 0.117. The summed E-state index contributed by atoms with van der Waals surface area (Å²) in [4.78, 5) is 37.7. The van der Waals surface area contributed by atoms with Crippen molar-refractivity contribution in [2.24, 2.45) is 0 Å². The molecule has 42 heavy (non-hydrogen) atoms. The molecule has 6 aromatic rings. The maximum atomic E-state index is 13.2. The molecular formula is C32H24IN5O3S. The molecule has 8 nitrogen and oxygen atoms in total. The van der Waals surface area contributed by atoms with Gasteiger partial charge in [0, 0.05) is 47.6 Å². The van der Waals surface area contributed by atoms with Crippen molar-refractivity contribution in [2.75, 3.05) is 0 Å². The Kier molecular flexibility index (Phi) is 6.44. The van der Waals surface area contributed by atoms with Gasteiger partial charge in [-0.05, 0) is 43.2 Å². The molecule has 0 bridgehead atoms. The van der Waals surface area contributed by atoms with Crippen molar-refractivity contribution in [3.8, 4) is 22.6 Å². The van der Waals surface area contributed by atoms with Crippen molar-refractivity contribution in [1.82, 2.24) is 23.2 Å². The van der Waals surface area contributed by atoms with Gasteiger partial charge in [-0.2, -0.15) is 0 Å². The Morgan fingerprint density at radius 2 is 1.50 bits per heavy atom. The summed E-state index contributed by atoms with van der Waals surface area (Å²) in [6.07, 6.45) is 3.80. The van der Waals surface area contributed by atoms with Crippen LogP contribution in [0.15, 0.2) is 91.3 Å². The Bertz CT molecular complexity index is 2010. The fraction of sp³-hybridized carbons (Fsp3) is 0.125. The lowest BCUT2D eigenvalue weighted by Crippen LogP contribution is -2.29. The van der Waals surface area contributed by atoms with Crippen LogP contribution in [0.5, 0.6) is 0 Å². The zero-order chi connectivity index (χ0) is 29.2. The minimum Gasteiger partial charge on any atom is -0.386 e. The monoisotopic (exact) mass is 685 g/mol. The highest BCUT2D eigenvalue weighted by Crippen LogP contribution is 2.36. The highest BCUT2D eigenvalue weighted by atomic mass is 127. The fourth-order valence-electron chi connectivity index (χ4n) is 5.53. The summed E-state index contributed by atoms with van der Waals surface area (Å²) >= 11 is 2.23. The molecule has 1 aliphatic heterocycles. The zero-order valence-corrected chi connectivity index (χ0v) is 25.6. The van der Waals surface area contributed by atoms with E-state index in [1.807, 2.05) is 71.0 Å². The van der Waals surface area contributed by atoms with E-state index in [2.05, 4.69) is 25.6 Å². The largest absolute Gasteiger partial charge is 0.386 e.